The van der Waals surface area contributed by atoms with Gasteiger partial charge in [0, 0.05) is 19.8 Å². The first-order valence-corrected chi connectivity index (χ1v) is 8.92. The van der Waals surface area contributed by atoms with Crippen LogP contribution in [-0.2, 0) is 17.9 Å². The van der Waals surface area contributed by atoms with Gasteiger partial charge in [0.1, 0.15) is 12.4 Å². The van der Waals surface area contributed by atoms with Crippen molar-refractivity contribution < 1.29 is 9.47 Å². The van der Waals surface area contributed by atoms with Gasteiger partial charge >= 0.3 is 0 Å². The summed E-state index contributed by atoms with van der Waals surface area (Å²) in [7, 11) is 0. The lowest BCUT2D eigenvalue weighted by atomic mass is 10.2. The predicted octanol–water partition coefficient (Wildman–Crippen LogP) is 4.98. The minimum atomic E-state index is 0. The summed E-state index contributed by atoms with van der Waals surface area (Å²) in [6.07, 6.45) is 3.40. The van der Waals surface area contributed by atoms with Crippen LogP contribution in [0.4, 0.5) is 0 Å². The second-order valence-corrected chi connectivity index (χ2v) is 5.92. The molecule has 0 radical (unpaired) electrons. The van der Waals surface area contributed by atoms with Gasteiger partial charge in [-0.25, -0.2) is 0 Å². The van der Waals surface area contributed by atoms with Crippen LogP contribution in [0.2, 0.25) is 0 Å². The average Bonchev–Trinajstić information content (AvgIpc) is 2.63. The van der Waals surface area contributed by atoms with Crippen LogP contribution < -0.4 is 10.1 Å². The molecule has 0 spiro atoms. The third kappa shape index (κ3) is 9.49. The van der Waals surface area contributed by atoms with E-state index in [4.69, 9.17) is 9.47 Å². The Hall–Kier alpha value is -1.55. The first kappa shape index (κ1) is 21.5. The lowest BCUT2D eigenvalue weighted by molar-refractivity contribution is 0.129. The molecule has 0 amide bonds. The summed E-state index contributed by atoms with van der Waals surface area (Å²) < 4.78 is 11.4. The Labute approximate surface area is 158 Å². The summed E-state index contributed by atoms with van der Waals surface area (Å²) in [5, 5.41) is 3.46. The molecule has 0 saturated heterocycles. The molecule has 0 fully saturated rings. The van der Waals surface area contributed by atoms with E-state index in [0.717, 1.165) is 44.9 Å². The molecular formula is C21H30ClNO2. The zero-order chi connectivity index (χ0) is 16.9. The fraction of sp³-hybridized carbons (Fsp3) is 0.429. The van der Waals surface area contributed by atoms with Gasteiger partial charge in [0.25, 0.3) is 0 Å². The average molecular weight is 364 g/mol. The van der Waals surface area contributed by atoms with E-state index in [1.165, 1.54) is 17.5 Å². The van der Waals surface area contributed by atoms with Crippen molar-refractivity contribution in [2.75, 3.05) is 19.8 Å². The molecule has 2 rings (SSSR count). The summed E-state index contributed by atoms with van der Waals surface area (Å²) in [6.45, 7) is 6.35. The zero-order valence-corrected chi connectivity index (χ0v) is 15.9. The molecule has 0 bridgehead atoms. The van der Waals surface area contributed by atoms with Crippen molar-refractivity contribution in [3.8, 4) is 5.75 Å². The largest absolute Gasteiger partial charge is 0.489 e. The number of nitrogens with one attached hydrogen (secondary N) is 1. The highest BCUT2D eigenvalue weighted by atomic mass is 35.5. The molecule has 0 saturated carbocycles. The van der Waals surface area contributed by atoms with Gasteiger partial charge < -0.3 is 14.8 Å². The third-order valence-corrected chi connectivity index (χ3v) is 3.76. The van der Waals surface area contributed by atoms with Crippen LogP contribution in [0.15, 0.2) is 54.6 Å². The van der Waals surface area contributed by atoms with Crippen molar-refractivity contribution in [3.63, 3.8) is 0 Å². The number of benzene rings is 2. The molecule has 3 nitrogen and oxygen atoms in total. The summed E-state index contributed by atoms with van der Waals surface area (Å²) >= 11 is 0. The Morgan fingerprint density at radius 2 is 1.64 bits per heavy atom. The van der Waals surface area contributed by atoms with Crippen molar-refractivity contribution in [3.05, 3.63) is 65.7 Å². The first-order chi connectivity index (χ1) is 11.9. The highest BCUT2D eigenvalue weighted by Gasteiger charge is 1.98. The number of unbranched alkanes of at least 4 members (excludes halogenated alkanes) is 1. The quantitative estimate of drug-likeness (QED) is 0.539. The van der Waals surface area contributed by atoms with Gasteiger partial charge in [-0.3, -0.25) is 0 Å². The van der Waals surface area contributed by atoms with Crippen LogP contribution in [0.5, 0.6) is 5.75 Å². The summed E-state index contributed by atoms with van der Waals surface area (Å²) in [5.74, 6) is 0.918. The fourth-order valence-corrected chi connectivity index (χ4v) is 2.37. The summed E-state index contributed by atoms with van der Waals surface area (Å²) in [5.41, 5.74) is 2.43. The van der Waals surface area contributed by atoms with Gasteiger partial charge in [0.2, 0.25) is 0 Å². The van der Waals surface area contributed by atoms with Crippen LogP contribution in [0, 0.1) is 0 Å². The molecule has 0 aliphatic rings. The van der Waals surface area contributed by atoms with E-state index in [2.05, 4.69) is 36.5 Å². The van der Waals surface area contributed by atoms with E-state index < -0.39 is 0 Å². The van der Waals surface area contributed by atoms with Crippen LogP contribution in [-0.4, -0.2) is 19.8 Å². The molecule has 0 aromatic heterocycles. The van der Waals surface area contributed by atoms with Gasteiger partial charge in [-0.1, -0.05) is 55.8 Å². The van der Waals surface area contributed by atoms with Gasteiger partial charge in [-0.05, 0) is 42.6 Å². The van der Waals surface area contributed by atoms with E-state index in [1.54, 1.807) is 0 Å². The Morgan fingerprint density at radius 1 is 0.880 bits per heavy atom. The summed E-state index contributed by atoms with van der Waals surface area (Å²) in [6, 6.07) is 18.5. The van der Waals surface area contributed by atoms with E-state index in [1.807, 2.05) is 30.3 Å². The molecule has 0 aliphatic heterocycles. The maximum absolute atomic E-state index is 5.87. The Bertz CT molecular complexity index is 563. The zero-order valence-electron chi connectivity index (χ0n) is 15.1. The van der Waals surface area contributed by atoms with Crippen LogP contribution in [0.1, 0.15) is 37.3 Å². The van der Waals surface area contributed by atoms with Crippen molar-refractivity contribution in [1.29, 1.82) is 0 Å². The minimum Gasteiger partial charge on any atom is -0.489 e. The lowest BCUT2D eigenvalue weighted by Crippen LogP contribution is -2.16. The molecule has 25 heavy (non-hydrogen) atoms. The monoisotopic (exact) mass is 363 g/mol. The highest BCUT2D eigenvalue weighted by molar-refractivity contribution is 5.85. The number of halogens is 1. The fourth-order valence-electron chi connectivity index (χ4n) is 2.37. The second kappa shape index (κ2) is 13.7. The molecular weight excluding hydrogens is 334 g/mol. The van der Waals surface area contributed by atoms with Gasteiger partial charge in [0.15, 0.2) is 0 Å². The van der Waals surface area contributed by atoms with E-state index in [0.29, 0.717) is 6.61 Å². The molecule has 2 aromatic rings. The van der Waals surface area contributed by atoms with Gasteiger partial charge in [0.05, 0.1) is 0 Å². The third-order valence-electron chi connectivity index (χ3n) is 3.76. The van der Waals surface area contributed by atoms with Crippen molar-refractivity contribution in [1.82, 2.24) is 5.32 Å². The molecule has 1 N–H and O–H groups in total. The normalized spacial score (nSPS) is 10.3. The minimum absolute atomic E-state index is 0. The van der Waals surface area contributed by atoms with Crippen molar-refractivity contribution in [2.24, 2.45) is 0 Å². The van der Waals surface area contributed by atoms with E-state index in [9.17, 15) is 0 Å². The molecule has 0 atom stereocenters. The number of hydrogen-bond acceptors (Lipinski definition) is 3. The maximum Gasteiger partial charge on any atom is 0.120 e. The van der Waals surface area contributed by atoms with Crippen LogP contribution >= 0.6 is 12.4 Å². The van der Waals surface area contributed by atoms with Gasteiger partial charge in [-0.15, -0.1) is 12.4 Å². The highest BCUT2D eigenvalue weighted by Crippen LogP contribution is 2.15. The Balaban J connectivity index is 0.00000312. The molecule has 0 aliphatic carbocycles. The maximum atomic E-state index is 5.87. The van der Waals surface area contributed by atoms with E-state index >= 15 is 0 Å². The predicted molar refractivity (Wildman–Crippen MR) is 107 cm³/mol. The molecule has 4 heteroatoms. The summed E-state index contributed by atoms with van der Waals surface area (Å²) in [4.78, 5) is 0. The molecule has 0 unspecified atom stereocenters. The SMILES string of the molecule is CCCCOCCCNCc1cccc(OCc2ccccc2)c1.Cl. The number of ether oxygens (including phenoxy) is 2. The van der Waals surface area contributed by atoms with Crippen LogP contribution in [0.3, 0.4) is 0 Å². The lowest BCUT2D eigenvalue weighted by Gasteiger charge is -2.09. The van der Waals surface area contributed by atoms with Gasteiger partial charge in [-0.2, -0.15) is 0 Å². The Morgan fingerprint density at radius 3 is 2.44 bits per heavy atom. The first-order valence-electron chi connectivity index (χ1n) is 8.92. The Kier molecular flexibility index (Phi) is 11.8. The van der Waals surface area contributed by atoms with E-state index in [-0.39, 0.29) is 12.4 Å². The topological polar surface area (TPSA) is 30.5 Å². The number of hydrogen-bond donors (Lipinski definition) is 1. The molecule has 2 aromatic carbocycles. The smallest absolute Gasteiger partial charge is 0.120 e. The molecule has 0 heterocycles. The number of rotatable bonds is 12. The standard InChI is InChI=1S/C21H29NO2.ClH/c1-2-3-14-23-15-8-13-22-17-20-11-7-12-21(16-20)24-18-19-9-5-4-6-10-19;/h4-7,9-12,16,22H,2-3,8,13-15,17-18H2,1H3;1H. The van der Waals surface area contributed by atoms with Crippen molar-refractivity contribution >= 4 is 12.4 Å². The second-order valence-electron chi connectivity index (χ2n) is 5.92. The molecule has 138 valence electrons. The van der Waals surface area contributed by atoms with Crippen LogP contribution in [0.25, 0.3) is 0 Å². The van der Waals surface area contributed by atoms with Crippen molar-refractivity contribution in [2.45, 2.75) is 39.3 Å².